The largest absolute Gasteiger partial charge is 0.497 e. The number of benzene rings is 3. The first-order valence-electron chi connectivity index (χ1n) is 11.1. The highest BCUT2D eigenvalue weighted by atomic mass is 16.5. The van der Waals surface area contributed by atoms with E-state index in [1.54, 1.807) is 7.11 Å². The molecule has 4 rings (SSSR count). The minimum Gasteiger partial charge on any atom is -0.497 e. The van der Waals surface area contributed by atoms with Crippen molar-refractivity contribution >= 4 is 11.0 Å². The number of methoxy groups -OCH3 is 1. The highest BCUT2D eigenvalue weighted by molar-refractivity contribution is 5.75. The first-order valence-corrected chi connectivity index (χ1v) is 11.1. The summed E-state index contributed by atoms with van der Waals surface area (Å²) in [6, 6.07) is 22.1. The van der Waals surface area contributed by atoms with Crippen LogP contribution in [-0.2, 0) is 13.2 Å². The molecule has 3 aromatic carbocycles. The van der Waals surface area contributed by atoms with Crippen molar-refractivity contribution in [3.8, 4) is 17.2 Å². The first kappa shape index (κ1) is 21.8. The molecule has 0 spiro atoms. The van der Waals surface area contributed by atoms with Gasteiger partial charge in [-0.15, -0.1) is 0 Å². The summed E-state index contributed by atoms with van der Waals surface area (Å²) in [5.74, 6) is 3.44. The number of hydrogen-bond acceptors (Lipinski definition) is 4. The van der Waals surface area contributed by atoms with Gasteiger partial charge in [0, 0.05) is 12.6 Å². The highest BCUT2D eigenvalue weighted by Crippen LogP contribution is 2.23. The number of rotatable bonds is 10. The number of aromatic nitrogens is 2. The molecule has 0 unspecified atom stereocenters. The number of aryl methyl sites for hydroxylation is 2. The molecule has 5 heteroatoms. The minimum absolute atomic E-state index is 0.404. The van der Waals surface area contributed by atoms with Gasteiger partial charge in [0.05, 0.1) is 24.8 Å². The molecular weight excluding hydrogens is 400 g/mol. The van der Waals surface area contributed by atoms with E-state index in [1.807, 2.05) is 48.5 Å². The third-order valence-corrected chi connectivity index (χ3v) is 5.73. The normalized spacial score (nSPS) is 11.0. The zero-order chi connectivity index (χ0) is 22.3. The minimum atomic E-state index is 0.404. The average molecular weight is 431 g/mol. The van der Waals surface area contributed by atoms with Gasteiger partial charge in [0.15, 0.2) is 0 Å². The van der Waals surface area contributed by atoms with Crippen molar-refractivity contribution in [2.75, 3.05) is 13.7 Å². The van der Waals surface area contributed by atoms with Gasteiger partial charge in [-0.05, 0) is 68.1 Å². The second-order valence-electron chi connectivity index (χ2n) is 7.89. The Morgan fingerprint density at radius 1 is 0.844 bits per heavy atom. The monoisotopic (exact) mass is 430 g/mol. The average Bonchev–Trinajstić information content (AvgIpc) is 3.17. The van der Waals surface area contributed by atoms with E-state index < -0.39 is 0 Å². The van der Waals surface area contributed by atoms with Crippen molar-refractivity contribution in [1.29, 1.82) is 0 Å². The summed E-state index contributed by atoms with van der Waals surface area (Å²) in [6.07, 6.45) is 1.97. The zero-order valence-electron chi connectivity index (χ0n) is 19.0. The van der Waals surface area contributed by atoms with Crippen molar-refractivity contribution < 1.29 is 14.2 Å². The van der Waals surface area contributed by atoms with Crippen LogP contribution in [0, 0.1) is 13.8 Å². The lowest BCUT2D eigenvalue weighted by molar-refractivity contribution is 0.283. The molecule has 0 fully saturated rings. The Balaban J connectivity index is 1.39. The van der Waals surface area contributed by atoms with Gasteiger partial charge in [0.25, 0.3) is 0 Å². The first-order chi connectivity index (χ1) is 15.7. The Hall–Kier alpha value is -3.47. The summed E-state index contributed by atoms with van der Waals surface area (Å²) in [5, 5.41) is 0. The molecule has 0 aliphatic heterocycles. The van der Waals surface area contributed by atoms with E-state index >= 15 is 0 Å². The summed E-state index contributed by atoms with van der Waals surface area (Å²) >= 11 is 0. The summed E-state index contributed by atoms with van der Waals surface area (Å²) in [6.45, 7) is 6.19. The summed E-state index contributed by atoms with van der Waals surface area (Å²) in [7, 11) is 1.66. The molecule has 1 heterocycles. The number of para-hydroxylation sites is 2. The van der Waals surface area contributed by atoms with Crippen LogP contribution in [0.3, 0.4) is 0 Å². The van der Waals surface area contributed by atoms with Crippen molar-refractivity contribution in [3.63, 3.8) is 0 Å². The molecule has 0 saturated carbocycles. The quantitative estimate of drug-likeness (QED) is 0.285. The Bertz CT molecular complexity index is 1180. The SMILES string of the molecule is COc1cccc(OCc2nc3ccccc3n2CCCCOc2cccc(C)c2C)c1. The molecule has 0 aliphatic rings. The summed E-state index contributed by atoms with van der Waals surface area (Å²) in [4.78, 5) is 4.81. The van der Waals surface area contributed by atoms with Gasteiger partial charge in [-0.25, -0.2) is 4.98 Å². The smallest absolute Gasteiger partial charge is 0.147 e. The van der Waals surface area contributed by atoms with Crippen molar-refractivity contribution in [2.45, 2.75) is 39.8 Å². The lowest BCUT2D eigenvalue weighted by Crippen LogP contribution is -2.09. The van der Waals surface area contributed by atoms with Gasteiger partial charge < -0.3 is 18.8 Å². The Labute approximate surface area is 189 Å². The fraction of sp³-hybridized carbons (Fsp3) is 0.296. The molecule has 1 aromatic heterocycles. The second-order valence-corrected chi connectivity index (χ2v) is 7.89. The number of imidazole rings is 1. The van der Waals surface area contributed by atoms with Crippen LogP contribution in [0.4, 0.5) is 0 Å². The van der Waals surface area contributed by atoms with Gasteiger partial charge in [0.1, 0.15) is 29.7 Å². The molecule has 4 aromatic rings. The number of unbranched alkanes of at least 4 members (excludes halogenated alkanes) is 1. The molecule has 0 aliphatic carbocycles. The second kappa shape index (κ2) is 10.2. The van der Waals surface area contributed by atoms with Gasteiger partial charge in [-0.1, -0.05) is 30.3 Å². The van der Waals surface area contributed by atoms with Gasteiger partial charge >= 0.3 is 0 Å². The molecule has 32 heavy (non-hydrogen) atoms. The molecule has 166 valence electrons. The fourth-order valence-corrected chi connectivity index (χ4v) is 3.76. The zero-order valence-corrected chi connectivity index (χ0v) is 19.0. The van der Waals surface area contributed by atoms with E-state index in [0.717, 1.165) is 53.5 Å². The molecule has 0 saturated heterocycles. The van der Waals surface area contributed by atoms with Crippen LogP contribution >= 0.6 is 0 Å². The number of ether oxygens (including phenoxy) is 3. The maximum absolute atomic E-state index is 6.03. The van der Waals surface area contributed by atoms with E-state index in [2.05, 4.69) is 36.6 Å². The third kappa shape index (κ3) is 5.05. The van der Waals surface area contributed by atoms with E-state index in [9.17, 15) is 0 Å². The van der Waals surface area contributed by atoms with Crippen LogP contribution in [0.25, 0.3) is 11.0 Å². The maximum Gasteiger partial charge on any atom is 0.147 e. The molecule has 5 nitrogen and oxygen atoms in total. The van der Waals surface area contributed by atoms with Crippen LogP contribution in [0.5, 0.6) is 17.2 Å². The summed E-state index contributed by atoms with van der Waals surface area (Å²) < 4.78 is 19.6. The molecular formula is C27H30N2O3. The number of hydrogen-bond donors (Lipinski definition) is 0. The predicted octanol–water partition coefficient (Wildman–Crippen LogP) is 6.10. The van der Waals surface area contributed by atoms with Crippen molar-refractivity contribution in [2.24, 2.45) is 0 Å². The van der Waals surface area contributed by atoms with Gasteiger partial charge in [0.2, 0.25) is 0 Å². The van der Waals surface area contributed by atoms with Gasteiger partial charge in [-0.2, -0.15) is 0 Å². The Kier molecular flexibility index (Phi) is 6.95. The van der Waals surface area contributed by atoms with Gasteiger partial charge in [-0.3, -0.25) is 0 Å². The van der Waals surface area contributed by atoms with Crippen molar-refractivity contribution in [1.82, 2.24) is 9.55 Å². The molecule has 0 amide bonds. The third-order valence-electron chi connectivity index (χ3n) is 5.73. The van der Waals surface area contributed by atoms with E-state index in [4.69, 9.17) is 19.2 Å². The van der Waals surface area contributed by atoms with E-state index in [0.29, 0.717) is 13.2 Å². The molecule has 0 N–H and O–H groups in total. The Morgan fingerprint density at radius 2 is 1.66 bits per heavy atom. The van der Waals surface area contributed by atoms with Crippen LogP contribution in [0.2, 0.25) is 0 Å². The summed E-state index contributed by atoms with van der Waals surface area (Å²) in [5.41, 5.74) is 4.59. The van der Waals surface area contributed by atoms with Crippen LogP contribution in [0.15, 0.2) is 66.7 Å². The predicted molar refractivity (Wildman–Crippen MR) is 128 cm³/mol. The molecule has 0 bridgehead atoms. The lowest BCUT2D eigenvalue weighted by atomic mass is 10.1. The molecule has 0 radical (unpaired) electrons. The number of nitrogens with zero attached hydrogens (tertiary/aromatic N) is 2. The van der Waals surface area contributed by atoms with Crippen molar-refractivity contribution in [3.05, 3.63) is 83.7 Å². The lowest BCUT2D eigenvalue weighted by Gasteiger charge is -2.13. The van der Waals surface area contributed by atoms with E-state index in [-0.39, 0.29) is 0 Å². The molecule has 0 atom stereocenters. The maximum atomic E-state index is 6.03. The van der Waals surface area contributed by atoms with Crippen LogP contribution in [0.1, 0.15) is 29.8 Å². The standard InChI is InChI=1S/C27H30N2O3/c1-20-10-8-15-26(21(20)2)31-17-7-6-16-29-25-14-5-4-13-24(25)28-27(29)19-32-23-12-9-11-22(18-23)30-3/h4-5,8-15,18H,6-7,16-17,19H2,1-3H3. The number of fused-ring (bicyclic) bond motifs is 1. The van der Waals surface area contributed by atoms with E-state index in [1.165, 1.54) is 11.1 Å². The van der Waals surface area contributed by atoms with Crippen LogP contribution < -0.4 is 14.2 Å². The fourth-order valence-electron chi connectivity index (χ4n) is 3.76. The highest BCUT2D eigenvalue weighted by Gasteiger charge is 2.11. The Morgan fingerprint density at radius 3 is 2.53 bits per heavy atom. The van der Waals surface area contributed by atoms with Crippen LogP contribution in [-0.4, -0.2) is 23.3 Å². The topological polar surface area (TPSA) is 45.5 Å².